The van der Waals surface area contributed by atoms with Crippen molar-refractivity contribution in [3.8, 4) is 0 Å². The van der Waals surface area contributed by atoms with Crippen molar-refractivity contribution in [3.63, 3.8) is 0 Å². The number of pyridine rings is 1. The Morgan fingerprint density at radius 1 is 1.00 bits per heavy atom. The van der Waals surface area contributed by atoms with E-state index in [1.807, 2.05) is 24.5 Å². The molecule has 0 fully saturated rings. The van der Waals surface area contributed by atoms with Gasteiger partial charge in [-0.1, -0.05) is 30.3 Å². The number of aromatic nitrogens is 1. The predicted molar refractivity (Wildman–Crippen MR) is 122 cm³/mol. The lowest BCUT2D eigenvalue weighted by Crippen LogP contribution is -2.35. The summed E-state index contributed by atoms with van der Waals surface area (Å²) < 4.78 is 6.34. The highest BCUT2D eigenvalue weighted by Crippen LogP contribution is 2.50. The number of hydrogen-bond donors (Lipinski definition) is 0. The molecule has 2 aliphatic heterocycles. The van der Waals surface area contributed by atoms with Crippen LogP contribution in [0.4, 0.5) is 28.8 Å². The van der Waals surface area contributed by atoms with E-state index in [0.29, 0.717) is 0 Å². The normalized spacial score (nSPS) is 17.5. The molecular formula is C25H22N4O. The highest BCUT2D eigenvalue weighted by Gasteiger charge is 2.38. The van der Waals surface area contributed by atoms with E-state index < -0.39 is 0 Å². The molecule has 0 amide bonds. The van der Waals surface area contributed by atoms with E-state index in [-0.39, 0.29) is 6.17 Å². The van der Waals surface area contributed by atoms with Crippen molar-refractivity contribution < 1.29 is 4.42 Å². The fourth-order valence-corrected chi connectivity index (χ4v) is 4.78. The van der Waals surface area contributed by atoms with E-state index in [4.69, 9.17) is 9.40 Å². The number of para-hydroxylation sites is 1. The molecule has 0 spiro atoms. The number of hydrogen-bond acceptors (Lipinski definition) is 5. The summed E-state index contributed by atoms with van der Waals surface area (Å²) in [5.41, 5.74) is 6.61. The van der Waals surface area contributed by atoms with E-state index in [0.717, 1.165) is 47.2 Å². The third-order valence-electron chi connectivity index (χ3n) is 6.12. The molecule has 2 aromatic heterocycles. The molecule has 0 unspecified atom stereocenters. The zero-order valence-electron chi connectivity index (χ0n) is 17.0. The van der Waals surface area contributed by atoms with Crippen molar-refractivity contribution in [2.24, 2.45) is 4.99 Å². The Balaban J connectivity index is 1.60. The third kappa shape index (κ3) is 2.35. The number of fused-ring (bicyclic) bond motifs is 4. The topological polar surface area (TPSA) is 44.9 Å². The quantitative estimate of drug-likeness (QED) is 0.393. The van der Waals surface area contributed by atoms with Gasteiger partial charge in [-0.25, -0.2) is 9.98 Å². The van der Waals surface area contributed by atoms with E-state index in [1.54, 1.807) is 0 Å². The lowest BCUT2D eigenvalue weighted by molar-refractivity contribution is 0.615. The Kier molecular flexibility index (Phi) is 3.72. The van der Waals surface area contributed by atoms with Gasteiger partial charge in [-0.15, -0.1) is 0 Å². The van der Waals surface area contributed by atoms with E-state index in [1.165, 1.54) is 16.5 Å². The van der Waals surface area contributed by atoms with Gasteiger partial charge < -0.3 is 14.2 Å². The fourth-order valence-electron chi connectivity index (χ4n) is 4.78. The minimum absolute atomic E-state index is 0.0484. The maximum atomic E-state index is 6.34. The molecule has 0 bridgehead atoms. The molecule has 5 heteroatoms. The summed E-state index contributed by atoms with van der Waals surface area (Å²) in [6.07, 6.45) is 5.79. The van der Waals surface area contributed by atoms with Gasteiger partial charge in [0, 0.05) is 29.0 Å². The second kappa shape index (κ2) is 6.46. The average Bonchev–Trinajstić information content (AvgIpc) is 3.29. The number of aliphatic imine (C=N–C) groups is 1. The van der Waals surface area contributed by atoms with Gasteiger partial charge in [-0.05, 0) is 56.5 Å². The van der Waals surface area contributed by atoms with Crippen molar-refractivity contribution in [1.82, 2.24) is 4.98 Å². The van der Waals surface area contributed by atoms with Gasteiger partial charge in [0.25, 0.3) is 0 Å². The van der Waals surface area contributed by atoms with Crippen LogP contribution in [0.1, 0.15) is 24.5 Å². The van der Waals surface area contributed by atoms with Crippen LogP contribution in [0.5, 0.6) is 0 Å². The Bertz CT molecular complexity index is 1290. The van der Waals surface area contributed by atoms with Gasteiger partial charge in [0.1, 0.15) is 6.17 Å². The molecule has 0 saturated carbocycles. The van der Waals surface area contributed by atoms with Crippen LogP contribution in [0.3, 0.4) is 0 Å². The van der Waals surface area contributed by atoms with Crippen LogP contribution in [-0.2, 0) is 6.42 Å². The van der Waals surface area contributed by atoms with Crippen LogP contribution in [0.2, 0.25) is 0 Å². The van der Waals surface area contributed by atoms with Crippen LogP contribution < -0.4 is 9.80 Å². The van der Waals surface area contributed by atoms with Crippen LogP contribution in [0.15, 0.2) is 70.2 Å². The molecule has 2 aromatic carbocycles. The standard InChI is InChI=1S/C25H22N4O/c1-16-12-13-19-20-10-6-15-27-25(20)30-23(19)22(16)29-17(2)28(18-8-4-3-5-9-18)24-21(29)11-7-14-26-24/h3-5,7-9,11-15,17H,6,10H2,1-2H3/t17-/m0/s1. The van der Waals surface area contributed by atoms with Crippen molar-refractivity contribution in [2.45, 2.75) is 32.9 Å². The molecule has 1 atom stereocenters. The Hall–Kier alpha value is -3.60. The van der Waals surface area contributed by atoms with Gasteiger partial charge in [0.15, 0.2) is 11.4 Å². The molecule has 30 heavy (non-hydrogen) atoms. The molecule has 0 saturated heterocycles. The molecule has 148 valence electrons. The van der Waals surface area contributed by atoms with Crippen LogP contribution in [0, 0.1) is 6.92 Å². The number of rotatable bonds is 2. The number of nitrogens with zero attached hydrogens (tertiary/aromatic N) is 4. The minimum Gasteiger partial charge on any atom is -0.436 e. The fraction of sp³-hybridized carbons (Fsp3) is 0.200. The van der Waals surface area contributed by atoms with Gasteiger partial charge in [-0.3, -0.25) is 0 Å². The van der Waals surface area contributed by atoms with Gasteiger partial charge in [0.2, 0.25) is 5.88 Å². The Labute approximate surface area is 175 Å². The van der Waals surface area contributed by atoms with Crippen LogP contribution in [0.25, 0.3) is 11.0 Å². The second-order valence-electron chi connectivity index (χ2n) is 7.90. The first kappa shape index (κ1) is 17.3. The Morgan fingerprint density at radius 2 is 1.87 bits per heavy atom. The van der Waals surface area contributed by atoms with E-state index >= 15 is 0 Å². The second-order valence-corrected chi connectivity index (χ2v) is 7.90. The number of anilines is 4. The molecule has 0 N–H and O–H groups in total. The van der Waals surface area contributed by atoms with Crippen molar-refractivity contribution in [1.29, 1.82) is 0 Å². The summed E-state index contributed by atoms with van der Waals surface area (Å²) in [5, 5.41) is 1.17. The summed E-state index contributed by atoms with van der Waals surface area (Å²) in [5.74, 6) is 1.71. The molecule has 6 rings (SSSR count). The molecular weight excluding hydrogens is 372 g/mol. The SMILES string of the molecule is Cc1ccc2c3c(oc2c1N1c2cccnc2N(c2ccccc2)[C@@H]1C)N=CCC3. The van der Waals surface area contributed by atoms with Crippen molar-refractivity contribution in [3.05, 3.63) is 71.9 Å². The zero-order valence-corrected chi connectivity index (χ0v) is 17.0. The molecule has 4 aromatic rings. The molecule has 2 aliphatic rings. The monoisotopic (exact) mass is 394 g/mol. The molecule has 0 radical (unpaired) electrons. The maximum Gasteiger partial charge on any atom is 0.222 e. The predicted octanol–water partition coefficient (Wildman–Crippen LogP) is 6.42. The highest BCUT2D eigenvalue weighted by atomic mass is 16.3. The molecule has 5 nitrogen and oxygen atoms in total. The first-order valence-electron chi connectivity index (χ1n) is 10.4. The summed E-state index contributed by atoms with van der Waals surface area (Å²) in [6.45, 7) is 4.36. The average molecular weight is 394 g/mol. The lowest BCUT2D eigenvalue weighted by Gasteiger charge is -2.30. The highest BCUT2D eigenvalue weighted by molar-refractivity contribution is 6.01. The van der Waals surface area contributed by atoms with Gasteiger partial charge >= 0.3 is 0 Å². The lowest BCUT2D eigenvalue weighted by atomic mass is 10.0. The summed E-state index contributed by atoms with van der Waals surface area (Å²) >= 11 is 0. The Morgan fingerprint density at radius 3 is 2.73 bits per heavy atom. The van der Waals surface area contributed by atoms with Gasteiger partial charge in [-0.2, -0.15) is 0 Å². The third-order valence-corrected chi connectivity index (χ3v) is 6.12. The minimum atomic E-state index is 0.0484. The first-order valence-corrected chi connectivity index (χ1v) is 10.4. The zero-order chi connectivity index (χ0) is 20.2. The van der Waals surface area contributed by atoms with E-state index in [2.05, 4.69) is 71.1 Å². The van der Waals surface area contributed by atoms with Crippen molar-refractivity contribution >= 4 is 45.9 Å². The molecule has 0 aliphatic carbocycles. The maximum absolute atomic E-state index is 6.34. The largest absolute Gasteiger partial charge is 0.436 e. The molecule has 4 heterocycles. The summed E-state index contributed by atoms with van der Waals surface area (Å²) in [7, 11) is 0. The summed E-state index contributed by atoms with van der Waals surface area (Å²) in [4.78, 5) is 13.9. The van der Waals surface area contributed by atoms with Gasteiger partial charge in [0.05, 0.1) is 11.4 Å². The van der Waals surface area contributed by atoms with Crippen LogP contribution in [-0.4, -0.2) is 17.4 Å². The number of aryl methyl sites for hydroxylation is 2. The smallest absolute Gasteiger partial charge is 0.222 e. The first-order chi connectivity index (χ1) is 14.7. The van der Waals surface area contributed by atoms with Crippen molar-refractivity contribution in [2.75, 3.05) is 9.80 Å². The number of furan rings is 1. The van der Waals surface area contributed by atoms with E-state index in [9.17, 15) is 0 Å². The summed E-state index contributed by atoms with van der Waals surface area (Å²) in [6, 6.07) is 19.0. The number of benzene rings is 2. The van der Waals surface area contributed by atoms with Crippen LogP contribution >= 0.6 is 0 Å².